The van der Waals surface area contributed by atoms with E-state index < -0.39 is 12.2 Å². The Morgan fingerprint density at radius 3 is 1.29 bits per heavy atom. The Labute approximate surface area is 165 Å². The summed E-state index contributed by atoms with van der Waals surface area (Å²) in [6.07, 6.45) is -0.959. The van der Waals surface area contributed by atoms with Crippen molar-refractivity contribution >= 4 is 0 Å². The minimum atomic E-state index is -0.516. The van der Waals surface area contributed by atoms with Crippen LogP contribution in [0.3, 0.4) is 0 Å². The minimum Gasteiger partial charge on any atom is -0.384 e. The summed E-state index contributed by atoms with van der Waals surface area (Å²) in [5.41, 5.74) is 6.23. The second kappa shape index (κ2) is 8.22. The van der Waals surface area contributed by atoms with E-state index in [-0.39, 0.29) is 0 Å². The van der Waals surface area contributed by atoms with Gasteiger partial charge in [0.15, 0.2) is 0 Å². The lowest BCUT2D eigenvalue weighted by Crippen LogP contribution is -1.98. The summed E-state index contributed by atoms with van der Waals surface area (Å²) in [6.45, 7) is 0. The third-order valence-electron chi connectivity index (χ3n) is 5.03. The molecular formula is C26H22O2. The van der Waals surface area contributed by atoms with Gasteiger partial charge < -0.3 is 10.2 Å². The van der Waals surface area contributed by atoms with Gasteiger partial charge >= 0.3 is 0 Å². The summed E-state index contributed by atoms with van der Waals surface area (Å²) >= 11 is 0. The van der Waals surface area contributed by atoms with Crippen LogP contribution in [0.15, 0.2) is 109 Å². The van der Waals surface area contributed by atoms with Crippen LogP contribution in [0.5, 0.6) is 0 Å². The molecule has 0 amide bonds. The lowest BCUT2D eigenvalue weighted by Gasteiger charge is -2.10. The molecule has 0 saturated heterocycles. The maximum atomic E-state index is 10.0. The van der Waals surface area contributed by atoms with E-state index in [9.17, 15) is 10.2 Å². The van der Waals surface area contributed by atoms with Gasteiger partial charge in [0, 0.05) is 0 Å². The van der Waals surface area contributed by atoms with E-state index in [1.165, 1.54) is 0 Å². The topological polar surface area (TPSA) is 40.5 Å². The Morgan fingerprint density at radius 1 is 0.500 bits per heavy atom. The molecule has 0 aliphatic heterocycles. The highest BCUT2D eigenvalue weighted by Crippen LogP contribution is 2.42. The van der Waals surface area contributed by atoms with Crippen molar-refractivity contribution in [2.75, 3.05) is 0 Å². The first-order valence-corrected chi connectivity index (χ1v) is 9.40. The molecule has 4 aromatic rings. The molecule has 0 radical (unpaired) electrons. The van der Waals surface area contributed by atoms with Gasteiger partial charge in [0.2, 0.25) is 0 Å². The van der Waals surface area contributed by atoms with E-state index in [0.29, 0.717) is 0 Å². The minimum absolute atomic E-state index is 0.442. The average molecular weight is 366 g/mol. The van der Waals surface area contributed by atoms with Crippen LogP contribution in [0.2, 0.25) is 0 Å². The number of fused-ring (bicyclic) bond motifs is 3. The van der Waals surface area contributed by atoms with E-state index in [0.717, 1.165) is 33.4 Å². The highest BCUT2D eigenvalue weighted by atomic mass is 16.3. The van der Waals surface area contributed by atoms with E-state index in [2.05, 4.69) is 12.1 Å². The van der Waals surface area contributed by atoms with Gasteiger partial charge in [-0.1, -0.05) is 109 Å². The molecule has 5 rings (SSSR count). The zero-order chi connectivity index (χ0) is 19.3. The maximum Gasteiger partial charge on any atom is 0.105 e. The van der Waals surface area contributed by atoms with Crippen LogP contribution in [0.1, 0.15) is 34.5 Å². The lowest BCUT2D eigenvalue weighted by atomic mass is 10.0. The molecule has 0 heterocycles. The third kappa shape index (κ3) is 3.61. The first kappa shape index (κ1) is 18.2. The summed E-state index contributed by atoms with van der Waals surface area (Å²) in [4.78, 5) is 0. The monoisotopic (exact) mass is 366 g/mol. The van der Waals surface area contributed by atoms with Crippen molar-refractivity contribution in [2.45, 2.75) is 12.2 Å². The van der Waals surface area contributed by atoms with Crippen molar-refractivity contribution < 1.29 is 10.2 Å². The SMILES string of the molecule is OC(c1ccccc1)c1ccccc1.OC1c2ccccc2-c2ccccc21. The van der Waals surface area contributed by atoms with Crippen molar-refractivity contribution in [3.8, 4) is 11.1 Å². The highest BCUT2D eigenvalue weighted by molar-refractivity contribution is 5.77. The van der Waals surface area contributed by atoms with E-state index in [4.69, 9.17) is 0 Å². The van der Waals surface area contributed by atoms with Crippen molar-refractivity contribution in [1.29, 1.82) is 0 Å². The number of benzene rings is 4. The van der Waals surface area contributed by atoms with Gasteiger partial charge in [0.1, 0.15) is 12.2 Å². The molecule has 0 bridgehead atoms. The normalized spacial score (nSPS) is 12.1. The molecule has 2 nitrogen and oxygen atoms in total. The van der Waals surface area contributed by atoms with E-state index in [1.54, 1.807) is 0 Å². The zero-order valence-electron chi connectivity index (χ0n) is 15.4. The first-order valence-electron chi connectivity index (χ1n) is 9.40. The number of aliphatic hydroxyl groups excluding tert-OH is 2. The van der Waals surface area contributed by atoms with Crippen LogP contribution in [-0.4, -0.2) is 10.2 Å². The molecule has 0 atom stereocenters. The third-order valence-corrected chi connectivity index (χ3v) is 5.03. The number of hydrogen-bond acceptors (Lipinski definition) is 2. The summed E-state index contributed by atoms with van der Waals surface area (Å²) in [7, 11) is 0. The Hall–Kier alpha value is -3.20. The standard InChI is InChI=1S/C13H10O.C13H12O/c14-13-11-7-3-1-5-9(11)10-6-2-4-8-12(10)13;14-13(11-7-3-1-4-8-11)12-9-5-2-6-10-12/h1-8,13-14H;1-10,13-14H. The van der Waals surface area contributed by atoms with Gasteiger partial charge in [-0.3, -0.25) is 0 Å². The molecule has 0 aromatic heterocycles. The predicted octanol–water partition coefficient (Wildman–Crippen LogP) is 5.52. The van der Waals surface area contributed by atoms with Crippen molar-refractivity contribution in [3.05, 3.63) is 131 Å². The van der Waals surface area contributed by atoms with Crippen LogP contribution in [-0.2, 0) is 0 Å². The Bertz CT molecular complexity index is 957. The second-order valence-electron chi connectivity index (χ2n) is 6.80. The van der Waals surface area contributed by atoms with Gasteiger partial charge in [-0.15, -0.1) is 0 Å². The van der Waals surface area contributed by atoms with E-state index >= 15 is 0 Å². The molecule has 28 heavy (non-hydrogen) atoms. The highest BCUT2D eigenvalue weighted by Gasteiger charge is 2.25. The van der Waals surface area contributed by atoms with Gasteiger partial charge in [-0.2, -0.15) is 0 Å². The zero-order valence-corrected chi connectivity index (χ0v) is 15.4. The molecule has 4 aromatic carbocycles. The van der Waals surface area contributed by atoms with Gasteiger partial charge in [0.05, 0.1) is 0 Å². The van der Waals surface area contributed by atoms with Gasteiger partial charge in [0.25, 0.3) is 0 Å². The molecule has 2 N–H and O–H groups in total. The molecule has 1 aliphatic carbocycles. The molecule has 1 aliphatic rings. The number of rotatable bonds is 2. The van der Waals surface area contributed by atoms with Crippen LogP contribution < -0.4 is 0 Å². The molecule has 0 saturated carbocycles. The van der Waals surface area contributed by atoms with E-state index in [1.807, 2.05) is 97.1 Å². The molecule has 0 spiro atoms. The largest absolute Gasteiger partial charge is 0.384 e. The average Bonchev–Trinajstić information content (AvgIpc) is 3.08. The van der Waals surface area contributed by atoms with Crippen LogP contribution in [0.4, 0.5) is 0 Å². The summed E-state index contributed by atoms with van der Waals surface area (Å²) < 4.78 is 0. The first-order chi connectivity index (χ1) is 13.8. The fourth-order valence-corrected chi connectivity index (χ4v) is 3.59. The lowest BCUT2D eigenvalue weighted by molar-refractivity contribution is 0.220. The van der Waals surface area contributed by atoms with Crippen molar-refractivity contribution in [2.24, 2.45) is 0 Å². The molecule has 0 unspecified atom stereocenters. The fourth-order valence-electron chi connectivity index (χ4n) is 3.59. The summed E-state index contributed by atoms with van der Waals surface area (Å²) in [5, 5.41) is 20.0. The quantitative estimate of drug-likeness (QED) is 0.491. The number of aliphatic hydroxyl groups is 2. The molecule has 0 fully saturated rings. The van der Waals surface area contributed by atoms with Crippen LogP contribution >= 0.6 is 0 Å². The summed E-state index contributed by atoms with van der Waals surface area (Å²) in [6, 6.07) is 35.4. The number of hydrogen-bond donors (Lipinski definition) is 2. The predicted molar refractivity (Wildman–Crippen MR) is 113 cm³/mol. The smallest absolute Gasteiger partial charge is 0.105 e. The fraction of sp³-hybridized carbons (Fsp3) is 0.0769. The van der Waals surface area contributed by atoms with Gasteiger partial charge in [-0.25, -0.2) is 0 Å². The maximum absolute atomic E-state index is 10.0. The Balaban J connectivity index is 0.000000137. The second-order valence-corrected chi connectivity index (χ2v) is 6.80. The Morgan fingerprint density at radius 2 is 0.857 bits per heavy atom. The summed E-state index contributed by atoms with van der Waals surface area (Å²) in [5.74, 6) is 0. The van der Waals surface area contributed by atoms with Crippen LogP contribution in [0, 0.1) is 0 Å². The molecule has 2 heteroatoms. The van der Waals surface area contributed by atoms with Crippen molar-refractivity contribution in [3.63, 3.8) is 0 Å². The molecular weight excluding hydrogens is 344 g/mol. The van der Waals surface area contributed by atoms with Crippen LogP contribution in [0.25, 0.3) is 11.1 Å². The Kier molecular flexibility index (Phi) is 5.34. The molecule has 138 valence electrons. The van der Waals surface area contributed by atoms with Gasteiger partial charge in [-0.05, 0) is 33.4 Å². The van der Waals surface area contributed by atoms with Crippen molar-refractivity contribution in [1.82, 2.24) is 0 Å².